The Kier molecular flexibility index (Phi) is 4.57. The summed E-state index contributed by atoms with van der Waals surface area (Å²) in [5.41, 5.74) is 0.921. The Morgan fingerprint density at radius 3 is 2.74 bits per heavy atom. The summed E-state index contributed by atoms with van der Waals surface area (Å²) in [4.78, 5) is 20.6. The lowest BCUT2D eigenvalue weighted by atomic mass is 10.0. The van der Waals surface area contributed by atoms with E-state index in [1.807, 2.05) is 12.1 Å². The predicted molar refractivity (Wildman–Crippen MR) is 89.0 cm³/mol. The molecule has 2 aromatic heterocycles. The van der Waals surface area contributed by atoms with Gasteiger partial charge in [0.25, 0.3) is 5.69 Å². The monoisotopic (exact) mass is 333 g/mol. The van der Waals surface area contributed by atoms with Gasteiger partial charge in [-0.25, -0.2) is 4.98 Å². The van der Waals surface area contributed by atoms with E-state index >= 15 is 0 Å². The maximum atomic E-state index is 10.7. The van der Waals surface area contributed by atoms with Crippen molar-refractivity contribution in [2.75, 3.05) is 23.3 Å². The zero-order chi connectivity index (χ0) is 16.2. The first-order valence-electron chi connectivity index (χ1n) is 7.35. The van der Waals surface area contributed by atoms with E-state index in [2.05, 4.69) is 20.2 Å². The average Bonchev–Trinajstić information content (AvgIpc) is 2.56. The molecule has 1 N–H and O–H groups in total. The highest BCUT2D eigenvalue weighted by molar-refractivity contribution is 6.33. The van der Waals surface area contributed by atoms with Gasteiger partial charge in [-0.05, 0) is 25.0 Å². The van der Waals surface area contributed by atoms with Crippen LogP contribution in [0.4, 0.5) is 17.2 Å². The van der Waals surface area contributed by atoms with Crippen LogP contribution in [0, 0.1) is 10.1 Å². The van der Waals surface area contributed by atoms with Gasteiger partial charge in [0.05, 0.1) is 15.6 Å². The molecular weight excluding hydrogens is 318 g/mol. The lowest BCUT2D eigenvalue weighted by Crippen LogP contribution is -2.39. The summed E-state index contributed by atoms with van der Waals surface area (Å²) in [5, 5.41) is 14.5. The van der Waals surface area contributed by atoms with E-state index in [0.29, 0.717) is 16.9 Å². The smallest absolute Gasteiger partial charge is 0.289 e. The standard InChI is InChI=1S/C15H16ClN5O2/c16-14-8-13(21(22)23)10-18-15(14)20-6-3-11(4-7-20)19-12-2-1-5-17-9-12/h1-2,5,8-11,19H,3-4,6-7H2. The SMILES string of the molecule is O=[N+]([O-])c1cnc(N2CCC(Nc3cccnc3)CC2)c(Cl)c1. The third-order valence-electron chi connectivity index (χ3n) is 3.84. The van der Waals surface area contributed by atoms with Crippen molar-refractivity contribution in [3.8, 4) is 0 Å². The van der Waals surface area contributed by atoms with Crippen molar-refractivity contribution in [2.24, 2.45) is 0 Å². The molecule has 0 spiro atoms. The highest BCUT2D eigenvalue weighted by atomic mass is 35.5. The van der Waals surface area contributed by atoms with E-state index in [1.165, 1.54) is 12.3 Å². The summed E-state index contributed by atoms with van der Waals surface area (Å²) in [7, 11) is 0. The molecule has 1 aliphatic rings. The zero-order valence-corrected chi connectivity index (χ0v) is 13.1. The van der Waals surface area contributed by atoms with Crippen LogP contribution in [0.3, 0.4) is 0 Å². The second-order valence-corrected chi connectivity index (χ2v) is 5.81. The summed E-state index contributed by atoms with van der Waals surface area (Å²) in [6.07, 6.45) is 6.67. The Morgan fingerprint density at radius 2 is 2.13 bits per heavy atom. The normalized spacial score (nSPS) is 15.4. The summed E-state index contributed by atoms with van der Waals surface area (Å²) in [6.45, 7) is 1.59. The molecule has 0 unspecified atom stereocenters. The van der Waals surface area contributed by atoms with E-state index < -0.39 is 4.92 Å². The van der Waals surface area contributed by atoms with Crippen LogP contribution in [0.5, 0.6) is 0 Å². The van der Waals surface area contributed by atoms with E-state index in [4.69, 9.17) is 11.6 Å². The fourth-order valence-corrected chi connectivity index (χ4v) is 2.95. The van der Waals surface area contributed by atoms with Gasteiger partial charge in [-0.15, -0.1) is 0 Å². The van der Waals surface area contributed by atoms with Crippen molar-refractivity contribution in [3.63, 3.8) is 0 Å². The first-order chi connectivity index (χ1) is 11.1. The predicted octanol–water partition coefficient (Wildman–Crippen LogP) is 3.12. The quantitative estimate of drug-likeness (QED) is 0.683. The number of pyridine rings is 2. The van der Waals surface area contributed by atoms with Gasteiger partial charge in [-0.1, -0.05) is 11.6 Å². The van der Waals surface area contributed by atoms with E-state index in [1.54, 1.807) is 12.4 Å². The molecule has 0 bridgehead atoms. The molecule has 23 heavy (non-hydrogen) atoms. The van der Waals surface area contributed by atoms with Crippen LogP contribution in [0.1, 0.15) is 12.8 Å². The van der Waals surface area contributed by atoms with Crippen LogP contribution in [0.15, 0.2) is 36.8 Å². The fraction of sp³-hybridized carbons (Fsp3) is 0.333. The lowest BCUT2D eigenvalue weighted by Gasteiger charge is -2.33. The Bertz CT molecular complexity index is 690. The van der Waals surface area contributed by atoms with Crippen molar-refractivity contribution >= 4 is 28.8 Å². The largest absolute Gasteiger partial charge is 0.381 e. The first-order valence-corrected chi connectivity index (χ1v) is 7.73. The minimum atomic E-state index is -0.493. The molecular formula is C15H16ClN5O2. The van der Waals surface area contributed by atoms with Crippen LogP contribution >= 0.6 is 11.6 Å². The van der Waals surface area contributed by atoms with Crippen LogP contribution in [0.2, 0.25) is 5.02 Å². The number of hydrogen-bond donors (Lipinski definition) is 1. The summed E-state index contributed by atoms with van der Waals surface area (Å²) >= 11 is 6.14. The Labute approximate surface area is 138 Å². The van der Waals surface area contributed by atoms with Crippen molar-refractivity contribution in [3.05, 3.63) is 51.9 Å². The van der Waals surface area contributed by atoms with Gasteiger partial charge in [0.2, 0.25) is 0 Å². The Balaban J connectivity index is 1.62. The van der Waals surface area contributed by atoms with Gasteiger partial charge in [-0.2, -0.15) is 0 Å². The molecule has 1 fully saturated rings. The number of rotatable bonds is 4. The first kappa shape index (κ1) is 15.5. The molecule has 0 aromatic carbocycles. The lowest BCUT2D eigenvalue weighted by molar-refractivity contribution is -0.385. The zero-order valence-electron chi connectivity index (χ0n) is 12.4. The number of nitro groups is 1. The van der Waals surface area contributed by atoms with Crippen LogP contribution in [-0.2, 0) is 0 Å². The maximum absolute atomic E-state index is 10.7. The van der Waals surface area contributed by atoms with Crippen molar-refractivity contribution in [1.82, 2.24) is 9.97 Å². The Hall–Kier alpha value is -2.41. The number of aromatic nitrogens is 2. The average molecular weight is 334 g/mol. The number of anilines is 2. The topological polar surface area (TPSA) is 84.2 Å². The minimum Gasteiger partial charge on any atom is -0.381 e. The second kappa shape index (κ2) is 6.78. The summed E-state index contributed by atoms with van der Waals surface area (Å²) in [6, 6.07) is 5.61. The number of halogens is 1. The van der Waals surface area contributed by atoms with E-state index in [9.17, 15) is 10.1 Å². The number of nitrogens with zero attached hydrogens (tertiary/aromatic N) is 4. The summed E-state index contributed by atoms with van der Waals surface area (Å²) < 4.78 is 0. The van der Waals surface area contributed by atoms with Gasteiger partial charge in [0.15, 0.2) is 0 Å². The second-order valence-electron chi connectivity index (χ2n) is 5.40. The Morgan fingerprint density at radius 1 is 1.35 bits per heavy atom. The van der Waals surface area contributed by atoms with Crippen LogP contribution < -0.4 is 10.2 Å². The van der Waals surface area contributed by atoms with E-state index in [-0.39, 0.29) is 5.69 Å². The molecule has 8 heteroatoms. The number of nitrogens with one attached hydrogen (secondary N) is 1. The third kappa shape index (κ3) is 3.68. The van der Waals surface area contributed by atoms with Crippen molar-refractivity contribution < 1.29 is 4.92 Å². The van der Waals surface area contributed by atoms with Gasteiger partial charge in [0.1, 0.15) is 12.0 Å². The highest BCUT2D eigenvalue weighted by Gasteiger charge is 2.22. The minimum absolute atomic E-state index is 0.0909. The van der Waals surface area contributed by atoms with Crippen molar-refractivity contribution in [1.29, 1.82) is 0 Å². The number of piperidine rings is 1. The third-order valence-corrected chi connectivity index (χ3v) is 4.12. The molecule has 1 aliphatic heterocycles. The molecule has 0 radical (unpaired) electrons. The van der Waals surface area contributed by atoms with E-state index in [0.717, 1.165) is 31.6 Å². The molecule has 0 atom stereocenters. The number of hydrogen-bond acceptors (Lipinski definition) is 6. The molecule has 1 saturated heterocycles. The molecule has 0 aliphatic carbocycles. The van der Waals surface area contributed by atoms with Crippen LogP contribution in [0.25, 0.3) is 0 Å². The maximum Gasteiger partial charge on any atom is 0.289 e. The van der Waals surface area contributed by atoms with Gasteiger partial charge < -0.3 is 10.2 Å². The van der Waals surface area contributed by atoms with Gasteiger partial charge in [-0.3, -0.25) is 15.1 Å². The van der Waals surface area contributed by atoms with Gasteiger partial charge in [0, 0.05) is 37.6 Å². The molecule has 120 valence electrons. The molecule has 3 heterocycles. The molecule has 7 nitrogen and oxygen atoms in total. The summed E-state index contributed by atoms with van der Waals surface area (Å²) in [5.74, 6) is 0.608. The van der Waals surface area contributed by atoms with Crippen molar-refractivity contribution in [2.45, 2.75) is 18.9 Å². The molecule has 3 rings (SSSR count). The molecule has 0 amide bonds. The highest BCUT2D eigenvalue weighted by Crippen LogP contribution is 2.29. The van der Waals surface area contributed by atoms with Crippen LogP contribution in [-0.4, -0.2) is 34.0 Å². The molecule has 0 saturated carbocycles. The van der Waals surface area contributed by atoms with Gasteiger partial charge >= 0.3 is 0 Å². The fourth-order valence-electron chi connectivity index (χ4n) is 2.67. The molecule has 2 aromatic rings.